The molecule has 11 heavy (non-hydrogen) atoms. The second-order valence-corrected chi connectivity index (χ2v) is 4.06. The third kappa shape index (κ3) is 4.65. The van der Waals surface area contributed by atoms with E-state index in [4.69, 9.17) is 11.6 Å². The Kier molecular flexibility index (Phi) is 4.24. The zero-order valence-electron chi connectivity index (χ0n) is 7.28. The molecule has 0 aromatic carbocycles. The summed E-state index contributed by atoms with van der Waals surface area (Å²) in [6.07, 6.45) is 4.02. The summed E-state index contributed by atoms with van der Waals surface area (Å²) in [4.78, 5) is 0. The third-order valence-electron chi connectivity index (χ3n) is 2.22. The first kappa shape index (κ1) is 9.34. The summed E-state index contributed by atoms with van der Waals surface area (Å²) in [6.45, 7) is 4.62. The second kappa shape index (κ2) is 5.00. The van der Waals surface area contributed by atoms with Crippen molar-refractivity contribution < 1.29 is 0 Å². The molecule has 0 heterocycles. The van der Waals surface area contributed by atoms with Gasteiger partial charge in [-0.05, 0) is 44.2 Å². The van der Waals surface area contributed by atoms with Gasteiger partial charge in [0.2, 0.25) is 0 Å². The van der Waals surface area contributed by atoms with Crippen LogP contribution in [0.1, 0.15) is 26.2 Å². The van der Waals surface area contributed by atoms with Crippen molar-refractivity contribution in [3.63, 3.8) is 0 Å². The fraction of sp³-hybridized carbons (Fsp3) is 1.00. The first-order chi connectivity index (χ1) is 5.33. The predicted molar refractivity (Wildman–Crippen MR) is 50.1 cm³/mol. The van der Waals surface area contributed by atoms with Crippen LogP contribution in [0.25, 0.3) is 0 Å². The molecule has 0 bridgehead atoms. The Balaban J connectivity index is 1.84. The SMILES string of the molecule is CC(CCCl)CNCC1CC1. The highest BCUT2D eigenvalue weighted by Gasteiger charge is 2.20. The predicted octanol–water partition coefficient (Wildman–Crippen LogP) is 2.25. The molecule has 0 amide bonds. The van der Waals surface area contributed by atoms with Crippen molar-refractivity contribution in [3.8, 4) is 0 Å². The number of hydrogen-bond donors (Lipinski definition) is 1. The van der Waals surface area contributed by atoms with E-state index in [0.717, 1.165) is 30.7 Å². The van der Waals surface area contributed by atoms with E-state index in [9.17, 15) is 0 Å². The molecule has 0 radical (unpaired) electrons. The maximum atomic E-state index is 5.62. The highest BCUT2D eigenvalue weighted by molar-refractivity contribution is 6.17. The molecule has 1 N–H and O–H groups in total. The number of halogens is 1. The van der Waals surface area contributed by atoms with Crippen molar-refractivity contribution in [1.82, 2.24) is 5.32 Å². The third-order valence-corrected chi connectivity index (χ3v) is 2.44. The van der Waals surface area contributed by atoms with Gasteiger partial charge in [0.15, 0.2) is 0 Å². The molecule has 0 aromatic heterocycles. The molecule has 1 rings (SSSR count). The Morgan fingerprint density at radius 1 is 1.55 bits per heavy atom. The summed E-state index contributed by atoms with van der Waals surface area (Å²) in [6, 6.07) is 0. The van der Waals surface area contributed by atoms with E-state index in [1.165, 1.54) is 19.4 Å². The van der Waals surface area contributed by atoms with Crippen LogP contribution in [0.3, 0.4) is 0 Å². The molecule has 1 saturated carbocycles. The van der Waals surface area contributed by atoms with E-state index >= 15 is 0 Å². The van der Waals surface area contributed by atoms with Crippen LogP contribution < -0.4 is 5.32 Å². The Bertz CT molecular complexity index is 102. The number of alkyl halides is 1. The first-order valence-electron chi connectivity index (χ1n) is 4.59. The van der Waals surface area contributed by atoms with E-state index in [1.54, 1.807) is 0 Å². The van der Waals surface area contributed by atoms with Crippen LogP contribution in [-0.2, 0) is 0 Å². The second-order valence-electron chi connectivity index (χ2n) is 3.68. The average molecular weight is 176 g/mol. The van der Waals surface area contributed by atoms with Gasteiger partial charge >= 0.3 is 0 Å². The Morgan fingerprint density at radius 2 is 2.27 bits per heavy atom. The smallest absolute Gasteiger partial charge is 0.0226 e. The van der Waals surface area contributed by atoms with Crippen LogP contribution in [0, 0.1) is 11.8 Å². The van der Waals surface area contributed by atoms with Crippen molar-refractivity contribution in [2.75, 3.05) is 19.0 Å². The van der Waals surface area contributed by atoms with Crippen LogP contribution in [-0.4, -0.2) is 19.0 Å². The monoisotopic (exact) mass is 175 g/mol. The van der Waals surface area contributed by atoms with Gasteiger partial charge in [-0.2, -0.15) is 0 Å². The van der Waals surface area contributed by atoms with E-state index in [2.05, 4.69) is 12.2 Å². The van der Waals surface area contributed by atoms with Gasteiger partial charge < -0.3 is 5.32 Å². The van der Waals surface area contributed by atoms with Gasteiger partial charge in [0.1, 0.15) is 0 Å². The molecule has 1 aliphatic rings. The average Bonchev–Trinajstić information content (AvgIpc) is 2.72. The highest BCUT2D eigenvalue weighted by atomic mass is 35.5. The lowest BCUT2D eigenvalue weighted by molar-refractivity contribution is 0.493. The molecule has 1 nitrogen and oxygen atoms in total. The van der Waals surface area contributed by atoms with Gasteiger partial charge in [-0.15, -0.1) is 11.6 Å². The zero-order valence-corrected chi connectivity index (χ0v) is 8.03. The molecule has 0 spiro atoms. The molecule has 66 valence electrons. The van der Waals surface area contributed by atoms with Gasteiger partial charge in [-0.1, -0.05) is 6.92 Å². The molecular weight excluding hydrogens is 158 g/mol. The molecule has 0 saturated heterocycles. The van der Waals surface area contributed by atoms with Crippen LogP contribution in [0.15, 0.2) is 0 Å². The lowest BCUT2D eigenvalue weighted by Gasteiger charge is -2.09. The Hall–Kier alpha value is 0.250. The zero-order chi connectivity index (χ0) is 8.10. The summed E-state index contributed by atoms with van der Waals surface area (Å²) >= 11 is 5.62. The molecular formula is C9H18ClN. The van der Waals surface area contributed by atoms with Crippen molar-refractivity contribution in [2.45, 2.75) is 26.2 Å². The van der Waals surface area contributed by atoms with Gasteiger partial charge in [-0.3, -0.25) is 0 Å². The first-order valence-corrected chi connectivity index (χ1v) is 5.13. The lowest BCUT2D eigenvalue weighted by Crippen LogP contribution is -2.23. The lowest BCUT2D eigenvalue weighted by atomic mass is 10.1. The number of hydrogen-bond acceptors (Lipinski definition) is 1. The molecule has 1 aliphatic carbocycles. The van der Waals surface area contributed by atoms with Gasteiger partial charge in [0.25, 0.3) is 0 Å². The van der Waals surface area contributed by atoms with E-state index in [-0.39, 0.29) is 0 Å². The fourth-order valence-electron chi connectivity index (χ4n) is 1.14. The van der Waals surface area contributed by atoms with Crippen molar-refractivity contribution in [2.24, 2.45) is 11.8 Å². The van der Waals surface area contributed by atoms with E-state index in [0.29, 0.717) is 0 Å². The van der Waals surface area contributed by atoms with Crippen molar-refractivity contribution >= 4 is 11.6 Å². The summed E-state index contributed by atoms with van der Waals surface area (Å²) < 4.78 is 0. The molecule has 1 unspecified atom stereocenters. The van der Waals surface area contributed by atoms with E-state index in [1.807, 2.05) is 0 Å². The maximum absolute atomic E-state index is 5.62. The maximum Gasteiger partial charge on any atom is 0.0226 e. The number of rotatable bonds is 6. The largest absolute Gasteiger partial charge is 0.316 e. The highest BCUT2D eigenvalue weighted by Crippen LogP contribution is 2.27. The minimum absolute atomic E-state index is 0.742. The topological polar surface area (TPSA) is 12.0 Å². The minimum atomic E-state index is 0.742. The van der Waals surface area contributed by atoms with Crippen LogP contribution in [0.4, 0.5) is 0 Å². The Labute approximate surface area is 74.5 Å². The quantitative estimate of drug-likeness (QED) is 0.611. The van der Waals surface area contributed by atoms with Gasteiger partial charge in [0.05, 0.1) is 0 Å². The molecule has 0 aromatic rings. The summed E-state index contributed by atoms with van der Waals surface area (Å²) in [5.41, 5.74) is 0. The van der Waals surface area contributed by atoms with Crippen molar-refractivity contribution in [3.05, 3.63) is 0 Å². The summed E-state index contributed by atoms with van der Waals surface area (Å²) in [5.74, 6) is 2.54. The Morgan fingerprint density at radius 3 is 2.82 bits per heavy atom. The van der Waals surface area contributed by atoms with Crippen LogP contribution in [0.2, 0.25) is 0 Å². The molecule has 1 atom stereocenters. The van der Waals surface area contributed by atoms with Crippen LogP contribution >= 0.6 is 11.6 Å². The standard InChI is InChI=1S/C9H18ClN/c1-8(4-5-10)6-11-7-9-2-3-9/h8-9,11H,2-7H2,1H3. The van der Waals surface area contributed by atoms with Gasteiger partial charge in [-0.25, -0.2) is 0 Å². The normalized spacial score (nSPS) is 20.2. The summed E-state index contributed by atoms with van der Waals surface area (Å²) in [7, 11) is 0. The molecule has 2 heteroatoms. The molecule has 1 fully saturated rings. The van der Waals surface area contributed by atoms with Crippen LogP contribution in [0.5, 0.6) is 0 Å². The van der Waals surface area contributed by atoms with E-state index < -0.39 is 0 Å². The molecule has 0 aliphatic heterocycles. The van der Waals surface area contributed by atoms with Gasteiger partial charge in [0, 0.05) is 5.88 Å². The minimum Gasteiger partial charge on any atom is -0.316 e. The number of nitrogens with one attached hydrogen (secondary N) is 1. The van der Waals surface area contributed by atoms with Crippen molar-refractivity contribution in [1.29, 1.82) is 0 Å². The summed E-state index contributed by atoms with van der Waals surface area (Å²) in [5, 5.41) is 3.47. The fourth-order valence-corrected chi connectivity index (χ4v) is 1.52.